The Morgan fingerprint density at radius 2 is 2.32 bits per heavy atom. The highest BCUT2D eigenvalue weighted by atomic mass is 19.1. The van der Waals surface area contributed by atoms with Crippen LogP contribution in [0.25, 0.3) is 0 Å². The van der Waals surface area contributed by atoms with E-state index in [0.717, 1.165) is 0 Å². The van der Waals surface area contributed by atoms with Gasteiger partial charge in [-0.05, 0) is 24.6 Å². The van der Waals surface area contributed by atoms with Crippen LogP contribution in [-0.2, 0) is 9.53 Å². The molecule has 4 nitrogen and oxygen atoms in total. The number of ether oxygens (including phenoxy) is 1. The molecule has 19 heavy (non-hydrogen) atoms. The lowest BCUT2D eigenvalue weighted by Crippen LogP contribution is -2.12. The number of methoxy groups -OCH3 is 1. The molecule has 0 saturated heterocycles. The number of rotatable bonds is 5. The molecule has 1 aromatic rings. The molecule has 0 atom stereocenters. The molecule has 0 heterocycles. The van der Waals surface area contributed by atoms with Crippen LogP contribution in [0.15, 0.2) is 18.2 Å². The van der Waals surface area contributed by atoms with Gasteiger partial charge in [-0.2, -0.15) is 0 Å². The minimum absolute atomic E-state index is 0.142. The van der Waals surface area contributed by atoms with Crippen LogP contribution in [0, 0.1) is 17.7 Å². The monoisotopic (exact) mass is 265 g/mol. The van der Waals surface area contributed by atoms with E-state index >= 15 is 0 Å². The summed E-state index contributed by atoms with van der Waals surface area (Å²) in [5.74, 6) is 4.20. The maximum Gasteiger partial charge on any atom is 0.224 e. The molecular weight excluding hydrogens is 249 g/mol. The number of nitrogens with one attached hydrogen (secondary N) is 1. The largest absolute Gasteiger partial charge is 0.385 e. The van der Waals surface area contributed by atoms with Gasteiger partial charge in [0.25, 0.3) is 0 Å². The molecule has 1 aromatic carbocycles. The van der Waals surface area contributed by atoms with Gasteiger partial charge in [-0.15, -0.1) is 0 Å². The molecule has 0 unspecified atom stereocenters. The summed E-state index contributed by atoms with van der Waals surface area (Å²) in [7, 11) is 1.57. The van der Waals surface area contributed by atoms with Crippen molar-refractivity contribution in [1.29, 1.82) is 0 Å². The number of carbonyl (C=O) groups excluding carboxylic acids is 1. The van der Waals surface area contributed by atoms with Gasteiger partial charge in [0.1, 0.15) is 12.4 Å². The maximum absolute atomic E-state index is 13.4. The third-order valence-electron chi connectivity index (χ3n) is 2.30. The van der Waals surface area contributed by atoms with Gasteiger partial charge < -0.3 is 15.2 Å². The third-order valence-corrected chi connectivity index (χ3v) is 2.30. The van der Waals surface area contributed by atoms with Crippen molar-refractivity contribution in [3.8, 4) is 11.8 Å². The first-order chi connectivity index (χ1) is 9.17. The van der Waals surface area contributed by atoms with Crippen molar-refractivity contribution in [3.63, 3.8) is 0 Å². The summed E-state index contributed by atoms with van der Waals surface area (Å²) in [6, 6.07) is 4.13. The number of aliphatic hydroxyl groups is 1. The summed E-state index contributed by atoms with van der Waals surface area (Å²) < 4.78 is 18.2. The van der Waals surface area contributed by atoms with Gasteiger partial charge in [0.05, 0.1) is 5.56 Å². The zero-order chi connectivity index (χ0) is 14.1. The van der Waals surface area contributed by atoms with Crippen molar-refractivity contribution < 1.29 is 19.0 Å². The SMILES string of the molecule is COCCCC(=O)Nc1ccc(F)c(C#CCO)c1. The van der Waals surface area contributed by atoms with Crippen molar-refractivity contribution in [3.05, 3.63) is 29.6 Å². The number of hydrogen-bond donors (Lipinski definition) is 2. The highest BCUT2D eigenvalue weighted by molar-refractivity contribution is 5.90. The van der Waals surface area contributed by atoms with Crippen LogP contribution in [0.2, 0.25) is 0 Å². The van der Waals surface area contributed by atoms with Gasteiger partial charge in [0.15, 0.2) is 0 Å². The van der Waals surface area contributed by atoms with Crippen molar-refractivity contribution in [2.45, 2.75) is 12.8 Å². The molecule has 0 aliphatic rings. The Hall–Kier alpha value is -1.90. The second kappa shape index (κ2) is 8.25. The first kappa shape index (κ1) is 15.2. The zero-order valence-electron chi connectivity index (χ0n) is 10.7. The molecule has 0 aromatic heterocycles. The normalized spacial score (nSPS) is 9.63. The number of carbonyl (C=O) groups is 1. The highest BCUT2D eigenvalue weighted by Crippen LogP contribution is 2.14. The Balaban J connectivity index is 2.66. The van der Waals surface area contributed by atoms with Gasteiger partial charge in [-0.3, -0.25) is 4.79 Å². The number of amides is 1. The van der Waals surface area contributed by atoms with Crippen molar-refractivity contribution >= 4 is 11.6 Å². The average Bonchev–Trinajstić information content (AvgIpc) is 2.39. The van der Waals surface area contributed by atoms with Gasteiger partial charge in [-0.1, -0.05) is 11.8 Å². The molecule has 0 fully saturated rings. The number of halogens is 1. The van der Waals surface area contributed by atoms with Crippen LogP contribution in [0.1, 0.15) is 18.4 Å². The molecule has 0 aliphatic carbocycles. The Labute approximate surface area is 111 Å². The summed E-state index contributed by atoms with van der Waals surface area (Å²) >= 11 is 0. The van der Waals surface area contributed by atoms with Crippen molar-refractivity contribution in [2.75, 3.05) is 25.6 Å². The fourth-order valence-corrected chi connectivity index (χ4v) is 1.43. The second-order valence-electron chi connectivity index (χ2n) is 3.80. The molecule has 0 radical (unpaired) electrons. The summed E-state index contributed by atoms with van der Waals surface area (Å²) in [6.07, 6.45) is 0.962. The van der Waals surface area contributed by atoms with Crippen molar-refractivity contribution in [1.82, 2.24) is 0 Å². The van der Waals surface area contributed by atoms with Gasteiger partial charge in [-0.25, -0.2) is 4.39 Å². The Bertz CT molecular complexity index is 491. The molecule has 102 valence electrons. The fourth-order valence-electron chi connectivity index (χ4n) is 1.43. The number of benzene rings is 1. The van der Waals surface area contributed by atoms with Crippen LogP contribution in [0.5, 0.6) is 0 Å². The molecular formula is C14H16FNO3. The highest BCUT2D eigenvalue weighted by Gasteiger charge is 2.05. The van der Waals surface area contributed by atoms with Crippen LogP contribution < -0.4 is 5.32 Å². The number of anilines is 1. The lowest BCUT2D eigenvalue weighted by atomic mass is 10.2. The van der Waals surface area contributed by atoms with Crippen molar-refractivity contribution in [2.24, 2.45) is 0 Å². The van der Waals surface area contributed by atoms with E-state index in [4.69, 9.17) is 9.84 Å². The van der Waals surface area contributed by atoms with Crippen LogP contribution in [0.4, 0.5) is 10.1 Å². The fraction of sp³-hybridized carbons (Fsp3) is 0.357. The van der Waals surface area contributed by atoms with E-state index in [0.29, 0.717) is 25.1 Å². The van der Waals surface area contributed by atoms with E-state index in [9.17, 15) is 9.18 Å². The van der Waals surface area contributed by atoms with Crippen LogP contribution in [-0.4, -0.2) is 31.3 Å². The van der Waals surface area contributed by atoms with Crippen LogP contribution >= 0.6 is 0 Å². The first-order valence-electron chi connectivity index (χ1n) is 5.85. The van der Waals surface area contributed by atoms with E-state index in [1.165, 1.54) is 18.2 Å². The Kier molecular flexibility index (Phi) is 6.58. The average molecular weight is 265 g/mol. The summed E-state index contributed by atoms with van der Waals surface area (Å²) in [5, 5.41) is 11.2. The first-order valence-corrected chi connectivity index (χ1v) is 5.85. The topological polar surface area (TPSA) is 58.6 Å². The van der Waals surface area contributed by atoms with E-state index < -0.39 is 5.82 Å². The molecule has 0 saturated carbocycles. The smallest absolute Gasteiger partial charge is 0.224 e. The Morgan fingerprint density at radius 1 is 1.53 bits per heavy atom. The lowest BCUT2D eigenvalue weighted by molar-refractivity contribution is -0.116. The van der Waals surface area contributed by atoms with E-state index in [1.807, 2.05) is 0 Å². The predicted octanol–water partition coefficient (Wildman–Crippen LogP) is 1.53. The minimum Gasteiger partial charge on any atom is -0.385 e. The maximum atomic E-state index is 13.4. The minimum atomic E-state index is -0.488. The molecule has 5 heteroatoms. The standard InChI is InChI=1S/C14H16FNO3/c1-19-9-3-5-14(18)16-12-6-7-13(15)11(10-12)4-2-8-17/h6-7,10,17H,3,5,8-9H2,1H3,(H,16,18). The quantitative estimate of drug-likeness (QED) is 0.627. The third kappa shape index (κ3) is 5.51. The van der Waals surface area contributed by atoms with E-state index in [-0.39, 0.29) is 18.1 Å². The molecule has 1 amide bonds. The Morgan fingerprint density at radius 3 is 3.00 bits per heavy atom. The van der Waals surface area contributed by atoms with Gasteiger partial charge in [0, 0.05) is 25.8 Å². The number of hydrogen-bond acceptors (Lipinski definition) is 3. The van der Waals surface area contributed by atoms with Crippen LogP contribution in [0.3, 0.4) is 0 Å². The van der Waals surface area contributed by atoms with E-state index in [2.05, 4.69) is 17.2 Å². The molecule has 1 rings (SSSR count). The number of aliphatic hydroxyl groups excluding tert-OH is 1. The summed E-state index contributed by atoms with van der Waals surface area (Å²) in [6.45, 7) is 0.178. The molecule has 2 N–H and O–H groups in total. The summed E-state index contributed by atoms with van der Waals surface area (Å²) in [4.78, 5) is 11.6. The molecule has 0 spiro atoms. The lowest BCUT2D eigenvalue weighted by Gasteiger charge is -2.06. The van der Waals surface area contributed by atoms with E-state index in [1.54, 1.807) is 7.11 Å². The zero-order valence-corrected chi connectivity index (χ0v) is 10.7. The predicted molar refractivity (Wildman–Crippen MR) is 70.1 cm³/mol. The summed E-state index contributed by atoms with van der Waals surface area (Å²) in [5.41, 5.74) is 0.620. The second-order valence-corrected chi connectivity index (χ2v) is 3.80. The van der Waals surface area contributed by atoms with Gasteiger partial charge in [0.2, 0.25) is 5.91 Å². The molecule has 0 bridgehead atoms. The van der Waals surface area contributed by atoms with Gasteiger partial charge >= 0.3 is 0 Å². The molecule has 0 aliphatic heterocycles.